The number of rotatable bonds is 5. The van der Waals surface area contributed by atoms with Crippen molar-refractivity contribution in [2.45, 2.75) is 13.2 Å². The van der Waals surface area contributed by atoms with Gasteiger partial charge in [0.05, 0.1) is 12.8 Å². The van der Waals surface area contributed by atoms with Crippen molar-refractivity contribution in [2.24, 2.45) is 0 Å². The molecule has 124 valence electrons. The summed E-state index contributed by atoms with van der Waals surface area (Å²) < 4.78 is 33.7. The third-order valence-corrected chi connectivity index (χ3v) is 3.60. The van der Waals surface area contributed by atoms with Crippen LogP contribution in [0.2, 0.25) is 0 Å². The Morgan fingerprint density at radius 2 is 2.04 bits per heavy atom. The van der Waals surface area contributed by atoms with Crippen molar-refractivity contribution >= 4 is 29.3 Å². The Labute approximate surface area is 141 Å². The monoisotopic (exact) mass is 350 g/mol. The molecule has 3 rings (SSSR count). The molecule has 1 aliphatic rings. The number of nitrogens with one attached hydrogen (secondary N) is 1. The van der Waals surface area contributed by atoms with Crippen LogP contribution in [0.5, 0.6) is 5.75 Å². The number of alkyl halides is 2. The van der Waals surface area contributed by atoms with E-state index in [1.165, 1.54) is 23.3 Å². The van der Waals surface area contributed by atoms with Gasteiger partial charge in [-0.2, -0.15) is 8.78 Å². The van der Waals surface area contributed by atoms with Gasteiger partial charge in [0, 0.05) is 0 Å². The van der Waals surface area contributed by atoms with Crippen LogP contribution >= 0.6 is 12.2 Å². The van der Waals surface area contributed by atoms with Gasteiger partial charge in [-0.15, -0.1) is 0 Å². The highest BCUT2D eigenvalue weighted by atomic mass is 32.1. The molecule has 0 bridgehead atoms. The summed E-state index contributed by atoms with van der Waals surface area (Å²) in [4.78, 5) is 13.8. The summed E-state index contributed by atoms with van der Waals surface area (Å²) in [6.45, 7) is -2.64. The number of carbonyl (C=O) groups is 1. The lowest BCUT2D eigenvalue weighted by atomic mass is 10.2. The minimum atomic E-state index is -2.88. The number of nitrogens with zero attached hydrogens (tertiary/aromatic N) is 1. The Morgan fingerprint density at radius 1 is 1.29 bits per heavy atom. The van der Waals surface area contributed by atoms with E-state index in [2.05, 4.69) is 10.1 Å². The molecule has 1 fully saturated rings. The zero-order chi connectivity index (χ0) is 17.1. The number of amides is 1. The van der Waals surface area contributed by atoms with Crippen molar-refractivity contribution in [3.63, 3.8) is 0 Å². The van der Waals surface area contributed by atoms with E-state index in [9.17, 15) is 13.6 Å². The number of ether oxygens (including phenoxy) is 1. The first-order valence-electron chi connectivity index (χ1n) is 6.95. The number of hydrogen-bond donors (Lipinski definition) is 1. The summed E-state index contributed by atoms with van der Waals surface area (Å²) in [5.74, 6) is 0.374. The maximum atomic E-state index is 12.4. The fraction of sp³-hybridized carbons (Fsp3) is 0.125. The number of carbonyl (C=O) groups excluding carboxylic acids is 1. The van der Waals surface area contributed by atoms with Crippen molar-refractivity contribution in [3.05, 3.63) is 59.7 Å². The van der Waals surface area contributed by atoms with Crippen molar-refractivity contribution in [2.75, 3.05) is 0 Å². The van der Waals surface area contributed by atoms with Crippen LogP contribution in [0.4, 0.5) is 8.78 Å². The summed E-state index contributed by atoms with van der Waals surface area (Å²) in [5, 5.41) is 3.12. The van der Waals surface area contributed by atoms with Gasteiger partial charge >= 0.3 is 6.61 Å². The highest BCUT2D eigenvalue weighted by Gasteiger charge is 2.31. The SMILES string of the molecule is O=C1/C(=C\c2ccc(OC(F)F)cc2)NC(=S)N1Cc1ccco1. The van der Waals surface area contributed by atoms with E-state index in [1.54, 1.807) is 30.3 Å². The molecule has 1 aliphatic heterocycles. The van der Waals surface area contributed by atoms with Gasteiger partial charge in [-0.3, -0.25) is 9.69 Å². The van der Waals surface area contributed by atoms with E-state index in [0.717, 1.165) is 0 Å². The Balaban J connectivity index is 1.73. The van der Waals surface area contributed by atoms with E-state index in [-0.39, 0.29) is 23.3 Å². The standard InChI is InChI=1S/C16H12F2N2O3S/c17-15(18)23-11-5-3-10(4-6-11)8-13-14(21)20(16(24)19-13)9-12-2-1-7-22-12/h1-8,15H,9H2,(H,19,24)/b13-8+. The molecular formula is C16H12F2N2O3S. The Morgan fingerprint density at radius 3 is 2.67 bits per heavy atom. The highest BCUT2D eigenvalue weighted by Crippen LogP contribution is 2.20. The van der Waals surface area contributed by atoms with Gasteiger partial charge in [-0.1, -0.05) is 12.1 Å². The largest absolute Gasteiger partial charge is 0.467 e. The first-order valence-corrected chi connectivity index (χ1v) is 7.35. The van der Waals surface area contributed by atoms with Gasteiger partial charge in [0.15, 0.2) is 5.11 Å². The lowest BCUT2D eigenvalue weighted by molar-refractivity contribution is -0.122. The van der Waals surface area contributed by atoms with Crippen LogP contribution in [-0.2, 0) is 11.3 Å². The summed E-state index contributed by atoms with van der Waals surface area (Å²) in [7, 11) is 0. The predicted octanol–water partition coefficient (Wildman–Crippen LogP) is 3.14. The maximum absolute atomic E-state index is 12.4. The van der Waals surface area contributed by atoms with E-state index in [4.69, 9.17) is 16.6 Å². The number of halogens is 2. The van der Waals surface area contributed by atoms with Crippen LogP contribution in [0.25, 0.3) is 6.08 Å². The lowest BCUT2D eigenvalue weighted by Gasteiger charge is -2.11. The van der Waals surface area contributed by atoms with Crippen molar-refractivity contribution in [1.29, 1.82) is 0 Å². The molecule has 1 N–H and O–H groups in total. The molecule has 0 radical (unpaired) electrons. The second-order valence-corrected chi connectivity index (χ2v) is 5.29. The van der Waals surface area contributed by atoms with E-state index >= 15 is 0 Å². The van der Waals surface area contributed by atoms with Crippen LogP contribution in [0.3, 0.4) is 0 Å². The van der Waals surface area contributed by atoms with E-state index < -0.39 is 6.61 Å². The van der Waals surface area contributed by atoms with Gasteiger partial charge in [-0.05, 0) is 48.1 Å². The molecular weight excluding hydrogens is 338 g/mol. The summed E-state index contributed by atoms with van der Waals surface area (Å²) in [6.07, 6.45) is 3.11. The predicted molar refractivity (Wildman–Crippen MR) is 86.0 cm³/mol. The fourth-order valence-electron chi connectivity index (χ4n) is 2.19. The lowest BCUT2D eigenvalue weighted by Crippen LogP contribution is -2.29. The van der Waals surface area contributed by atoms with Crippen LogP contribution in [0.1, 0.15) is 11.3 Å². The summed E-state index contributed by atoms with van der Waals surface area (Å²) in [6, 6.07) is 9.41. The van der Waals surface area contributed by atoms with Gasteiger partial charge in [0.1, 0.15) is 17.2 Å². The van der Waals surface area contributed by atoms with Gasteiger partial charge in [-0.25, -0.2) is 0 Å². The van der Waals surface area contributed by atoms with Crippen molar-refractivity contribution in [3.8, 4) is 5.75 Å². The molecule has 0 saturated carbocycles. The van der Waals surface area contributed by atoms with Gasteiger partial charge in [0.25, 0.3) is 5.91 Å². The average Bonchev–Trinajstić information content (AvgIpc) is 3.13. The smallest absolute Gasteiger partial charge is 0.387 e. The fourth-order valence-corrected chi connectivity index (χ4v) is 2.44. The number of thiocarbonyl (C=S) groups is 1. The Kier molecular flexibility index (Phi) is 4.57. The normalized spacial score (nSPS) is 16.1. The molecule has 0 spiro atoms. The first-order chi connectivity index (χ1) is 11.5. The molecule has 8 heteroatoms. The molecule has 5 nitrogen and oxygen atoms in total. The van der Waals surface area contributed by atoms with Crippen molar-refractivity contribution < 1.29 is 22.7 Å². The molecule has 0 atom stereocenters. The topological polar surface area (TPSA) is 54.7 Å². The maximum Gasteiger partial charge on any atom is 0.387 e. The Hall–Kier alpha value is -2.74. The van der Waals surface area contributed by atoms with Crippen molar-refractivity contribution in [1.82, 2.24) is 10.2 Å². The summed E-state index contributed by atoms with van der Waals surface area (Å²) >= 11 is 5.16. The molecule has 0 unspecified atom stereocenters. The second-order valence-electron chi connectivity index (χ2n) is 4.91. The molecule has 2 aromatic rings. The van der Waals surface area contributed by atoms with Crippen LogP contribution < -0.4 is 10.1 Å². The first kappa shape index (κ1) is 16.1. The van der Waals surface area contributed by atoms with Crippen LogP contribution in [0, 0.1) is 0 Å². The van der Waals surface area contributed by atoms with Gasteiger partial charge < -0.3 is 14.5 Å². The highest BCUT2D eigenvalue weighted by molar-refractivity contribution is 7.80. The van der Waals surface area contributed by atoms with E-state index in [1.807, 2.05) is 0 Å². The number of furan rings is 1. The summed E-state index contributed by atoms with van der Waals surface area (Å²) in [5.41, 5.74) is 0.948. The van der Waals surface area contributed by atoms with Crippen LogP contribution in [-0.4, -0.2) is 22.5 Å². The zero-order valence-corrected chi connectivity index (χ0v) is 13.1. The zero-order valence-electron chi connectivity index (χ0n) is 12.2. The quantitative estimate of drug-likeness (QED) is 0.663. The van der Waals surface area contributed by atoms with Gasteiger partial charge in [0.2, 0.25) is 0 Å². The molecule has 1 aromatic carbocycles. The average molecular weight is 350 g/mol. The molecule has 24 heavy (non-hydrogen) atoms. The molecule has 1 aromatic heterocycles. The molecule has 2 heterocycles. The number of hydrogen-bond acceptors (Lipinski definition) is 4. The third kappa shape index (κ3) is 3.60. The molecule has 1 amide bonds. The minimum absolute atomic E-state index is 0.0489. The Bertz CT molecular complexity index is 773. The molecule has 1 saturated heterocycles. The second kappa shape index (κ2) is 6.79. The van der Waals surface area contributed by atoms with E-state index in [0.29, 0.717) is 17.0 Å². The molecule has 0 aliphatic carbocycles. The third-order valence-electron chi connectivity index (χ3n) is 3.27. The van der Waals surface area contributed by atoms with Crippen LogP contribution in [0.15, 0.2) is 52.8 Å². The number of benzene rings is 1. The minimum Gasteiger partial charge on any atom is -0.467 e.